The molecule has 1 saturated heterocycles. The summed E-state index contributed by atoms with van der Waals surface area (Å²) in [4.78, 5) is 26.5. The molecule has 2 aromatic rings. The van der Waals surface area contributed by atoms with E-state index in [0.29, 0.717) is 18.7 Å². The molecule has 0 unspecified atom stereocenters. The van der Waals surface area contributed by atoms with Crippen molar-refractivity contribution >= 4 is 11.9 Å². The van der Waals surface area contributed by atoms with Crippen LogP contribution in [0.5, 0.6) is 0 Å². The van der Waals surface area contributed by atoms with Crippen molar-refractivity contribution in [1.82, 2.24) is 15.5 Å². The SMILES string of the molecule is C[C@@H](NC(=O)N1CCC(NC(=O)c2ccccc2)CC1)c1ccccc1. The number of rotatable bonds is 4. The van der Waals surface area contributed by atoms with E-state index in [1.165, 1.54) is 0 Å². The summed E-state index contributed by atoms with van der Waals surface area (Å²) in [5.74, 6) is -0.0498. The van der Waals surface area contributed by atoms with Crippen molar-refractivity contribution in [3.8, 4) is 0 Å². The molecule has 1 fully saturated rings. The molecule has 0 bridgehead atoms. The first-order valence-electron chi connectivity index (χ1n) is 9.10. The third-order valence-electron chi connectivity index (χ3n) is 4.79. The van der Waals surface area contributed by atoms with Crippen LogP contribution in [0.3, 0.4) is 0 Å². The molecule has 2 N–H and O–H groups in total. The van der Waals surface area contributed by atoms with Gasteiger partial charge in [-0.3, -0.25) is 4.79 Å². The number of hydrogen-bond acceptors (Lipinski definition) is 2. The first-order chi connectivity index (χ1) is 12.6. The Labute approximate surface area is 154 Å². The minimum atomic E-state index is -0.0498. The lowest BCUT2D eigenvalue weighted by molar-refractivity contribution is 0.0917. The van der Waals surface area contributed by atoms with Gasteiger partial charge in [0.05, 0.1) is 6.04 Å². The Morgan fingerprint density at radius 3 is 2.15 bits per heavy atom. The third kappa shape index (κ3) is 4.63. The van der Waals surface area contributed by atoms with E-state index in [-0.39, 0.29) is 24.0 Å². The third-order valence-corrected chi connectivity index (χ3v) is 4.79. The highest BCUT2D eigenvalue weighted by Gasteiger charge is 2.25. The van der Waals surface area contributed by atoms with Crippen LogP contribution in [-0.4, -0.2) is 36.0 Å². The number of likely N-dealkylation sites (tertiary alicyclic amines) is 1. The van der Waals surface area contributed by atoms with Crippen molar-refractivity contribution in [3.05, 3.63) is 71.8 Å². The van der Waals surface area contributed by atoms with E-state index in [0.717, 1.165) is 18.4 Å². The summed E-state index contributed by atoms with van der Waals surface area (Å²) in [5.41, 5.74) is 1.76. The molecule has 2 aromatic carbocycles. The van der Waals surface area contributed by atoms with Gasteiger partial charge in [0.1, 0.15) is 0 Å². The van der Waals surface area contributed by atoms with Crippen molar-refractivity contribution in [3.63, 3.8) is 0 Å². The molecule has 1 aliphatic heterocycles. The van der Waals surface area contributed by atoms with E-state index in [9.17, 15) is 9.59 Å². The molecule has 26 heavy (non-hydrogen) atoms. The second-order valence-electron chi connectivity index (χ2n) is 6.68. The number of benzene rings is 2. The van der Waals surface area contributed by atoms with Gasteiger partial charge in [0, 0.05) is 24.7 Å². The molecule has 0 saturated carbocycles. The van der Waals surface area contributed by atoms with Crippen molar-refractivity contribution in [2.24, 2.45) is 0 Å². The van der Waals surface area contributed by atoms with Gasteiger partial charge < -0.3 is 15.5 Å². The lowest BCUT2D eigenvalue weighted by Gasteiger charge is -2.33. The first-order valence-corrected chi connectivity index (χ1v) is 9.10. The average Bonchev–Trinajstić information content (AvgIpc) is 2.69. The van der Waals surface area contributed by atoms with Gasteiger partial charge in [0.25, 0.3) is 5.91 Å². The Kier molecular flexibility index (Phi) is 5.89. The highest BCUT2D eigenvalue weighted by Crippen LogP contribution is 2.15. The maximum absolute atomic E-state index is 12.5. The molecule has 1 aliphatic rings. The number of carbonyl (C=O) groups is 2. The van der Waals surface area contributed by atoms with Gasteiger partial charge in [-0.25, -0.2) is 4.79 Å². The Morgan fingerprint density at radius 2 is 1.54 bits per heavy atom. The zero-order valence-corrected chi connectivity index (χ0v) is 15.0. The number of hydrogen-bond donors (Lipinski definition) is 2. The van der Waals surface area contributed by atoms with Gasteiger partial charge in [-0.15, -0.1) is 0 Å². The van der Waals surface area contributed by atoms with Crippen LogP contribution in [0.4, 0.5) is 4.79 Å². The van der Waals surface area contributed by atoms with Gasteiger partial charge >= 0.3 is 6.03 Å². The maximum Gasteiger partial charge on any atom is 0.317 e. The second-order valence-corrected chi connectivity index (χ2v) is 6.68. The zero-order valence-electron chi connectivity index (χ0n) is 15.0. The summed E-state index contributed by atoms with van der Waals surface area (Å²) in [6, 6.07) is 19.2. The Hall–Kier alpha value is -2.82. The molecule has 1 heterocycles. The van der Waals surface area contributed by atoms with Crippen molar-refractivity contribution in [2.75, 3.05) is 13.1 Å². The van der Waals surface area contributed by atoms with Gasteiger partial charge in [0.2, 0.25) is 0 Å². The highest BCUT2D eigenvalue weighted by molar-refractivity contribution is 5.94. The van der Waals surface area contributed by atoms with Crippen LogP contribution in [0.25, 0.3) is 0 Å². The van der Waals surface area contributed by atoms with Crippen LogP contribution in [0, 0.1) is 0 Å². The Balaban J connectivity index is 1.46. The van der Waals surface area contributed by atoms with Gasteiger partial charge in [-0.2, -0.15) is 0 Å². The average molecular weight is 351 g/mol. The number of amides is 3. The number of piperidine rings is 1. The van der Waals surface area contributed by atoms with Crippen LogP contribution in [0.2, 0.25) is 0 Å². The van der Waals surface area contributed by atoms with E-state index in [2.05, 4.69) is 10.6 Å². The van der Waals surface area contributed by atoms with Crippen LogP contribution in [-0.2, 0) is 0 Å². The summed E-state index contributed by atoms with van der Waals surface area (Å²) in [5, 5.41) is 6.11. The number of nitrogens with one attached hydrogen (secondary N) is 2. The maximum atomic E-state index is 12.5. The quantitative estimate of drug-likeness (QED) is 0.887. The van der Waals surface area contributed by atoms with E-state index >= 15 is 0 Å². The number of nitrogens with zero attached hydrogens (tertiary/aromatic N) is 1. The van der Waals surface area contributed by atoms with Gasteiger partial charge in [-0.1, -0.05) is 48.5 Å². The molecule has 0 spiro atoms. The molecular formula is C21H25N3O2. The van der Waals surface area contributed by atoms with Crippen LogP contribution >= 0.6 is 0 Å². The molecule has 5 heteroatoms. The van der Waals surface area contributed by atoms with Crippen molar-refractivity contribution < 1.29 is 9.59 Å². The minimum Gasteiger partial charge on any atom is -0.349 e. The molecular weight excluding hydrogens is 326 g/mol. The Bertz CT molecular complexity index is 725. The summed E-state index contributed by atoms with van der Waals surface area (Å²) in [6.07, 6.45) is 1.54. The topological polar surface area (TPSA) is 61.4 Å². The summed E-state index contributed by atoms with van der Waals surface area (Å²) in [6.45, 7) is 3.28. The van der Waals surface area contributed by atoms with Crippen molar-refractivity contribution in [1.29, 1.82) is 0 Å². The fraction of sp³-hybridized carbons (Fsp3) is 0.333. The predicted molar refractivity (Wildman–Crippen MR) is 102 cm³/mol. The van der Waals surface area contributed by atoms with Gasteiger partial charge in [-0.05, 0) is 37.5 Å². The second kappa shape index (κ2) is 8.52. The largest absolute Gasteiger partial charge is 0.349 e. The lowest BCUT2D eigenvalue weighted by atomic mass is 10.0. The van der Waals surface area contributed by atoms with E-state index in [4.69, 9.17) is 0 Å². The van der Waals surface area contributed by atoms with Crippen molar-refractivity contribution in [2.45, 2.75) is 31.8 Å². The molecule has 136 valence electrons. The Morgan fingerprint density at radius 1 is 0.962 bits per heavy atom. The van der Waals surface area contributed by atoms with E-state index in [1.54, 1.807) is 0 Å². The summed E-state index contributed by atoms with van der Waals surface area (Å²) < 4.78 is 0. The molecule has 0 aliphatic carbocycles. The number of urea groups is 1. The van der Waals surface area contributed by atoms with Gasteiger partial charge in [0.15, 0.2) is 0 Å². The molecule has 5 nitrogen and oxygen atoms in total. The highest BCUT2D eigenvalue weighted by atomic mass is 16.2. The molecule has 1 atom stereocenters. The fourth-order valence-corrected chi connectivity index (χ4v) is 3.19. The predicted octanol–water partition coefficient (Wildman–Crippen LogP) is 3.35. The standard InChI is InChI=1S/C21H25N3O2/c1-16(17-8-4-2-5-9-17)22-21(26)24-14-12-19(13-15-24)23-20(25)18-10-6-3-7-11-18/h2-11,16,19H,12-15H2,1H3,(H,22,26)(H,23,25)/t16-/m1/s1. The number of carbonyl (C=O) groups excluding carboxylic acids is 2. The van der Waals surface area contributed by atoms with Crippen LogP contribution < -0.4 is 10.6 Å². The molecule has 3 rings (SSSR count). The van der Waals surface area contributed by atoms with Crippen LogP contribution in [0.1, 0.15) is 41.7 Å². The molecule has 0 radical (unpaired) electrons. The lowest BCUT2D eigenvalue weighted by Crippen LogP contribution is -2.49. The normalized spacial score (nSPS) is 16.0. The monoisotopic (exact) mass is 351 g/mol. The summed E-state index contributed by atoms with van der Waals surface area (Å²) >= 11 is 0. The fourth-order valence-electron chi connectivity index (χ4n) is 3.19. The molecule has 0 aromatic heterocycles. The molecule has 3 amide bonds. The summed E-state index contributed by atoms with van der Waals surface area (Å²) in [7, 11) is 0. The first kappa shape index (κ1) is 18.0. The smallest absolute Gasteiger partial charge is 0.317 e. The minimum absolute atomic E-state index is 0.0285. The zero-order chi connectivity index (χ0) is 18.4. The van der Waals surface area contributed by atoms with E-state index in [1.807, 2.05) is 72.5 Å². The van der Waals surface area contributed by atoms with E-state index < -0.39 is 0 Å². The van der Waals surface area contributed by atoms with Crippen LogP contribution in [0.15, 0.2) is 60.7 Å².